The van der Waals surface area contributed by atoms with Crippen molar-refractivity contribution in [1.29, 1.82) is 0 Å². The van der Waals surface area contributed by atoms with Gasteiger partial charge in [-0.05, 0) is 28.3 Å². The molecule has 0 saturated heterocycles. The Morgan fingerprint density at radius 3 is 2.69 bits per heavy atom. The third kappa shape index (κ3) is 1.99. The van der Waals surface area contributed by atoms with Gasteiger partial charge < -0.3 is 0 Å². The van der Waals surface area contributed by atoms with Crippen LogP contribution >= 0.6 is 0 Å². The number of nitrogens with zero attached hydrogens (tertiary/aromatic N) is 1. The highest BCUT2D eigenvalue weighted by atomic mass is 14.6. The topological polar surface area (TPSA) is 12.4 Å². The van der Waals surface area contributed by atoms with Crippen LogP contribution in [-0.4, -0.2) is 13.3 Å². The number of aliphatic imine (C=N–C) groups is 1. The Bertz CT molecular complexity index is 512. The van der Waals surface area contributed by atoms with Crippen LogP contribution in [0, 0.1) is 0 Å². The van der Waals surface area contributed by atoms with Crippen molar-refractivity contribution in [2.24, 2.45) is 4.99 Å². The van der Waals surface area contributed by atoms with E-state index in [0.717, 1.165) is 6.42 Å². The van der Waals surface area contributed by atoms with E-state index in [2.05, 4.69) is 48.3 Å². The highest BCUT2D eigenvalue weighted by Crippen LogP contribution is 2.22. The fraction of sp³-hybridized carbons (Fsp3) is 0.267. The Morgan fingerprint density at radius 2 is 1.94 bits per heavy atom. The molecule has 16 heavy (non-hydrogen) atoms. The van der Waals surface area contributed by atoms with E-state index in [9.17, 15) is 0 Å². The molecule has 2 rings (SSSR count). The minimum atomic E-state index is 1.11. The molecule has 0 N–H and O–H groups in total. The minimum Gasteiger partial charge on any atom is -0.296 e. The van der Waals surface area contributed by atoms with E-state index in [1.165, 1.54) is 28.3 Å². The molecule has 0 unspecified atom stereocenters. The van der Waals surface area contributed by atoms with Gasteiger partial charge in [-0.2, -0.15) is 0 Å². The molecule has 0 spiro atoms. The first-order chi connectivity index (χ1) is 7.86. The molecule has 0 atom stereocenters. The SMILES string of the molecule is CCCc1c(C=NC)ccc2ccccc12. The smallest absolute Gasteiger partial charge is 0.0284 e. The standard InChI is InChI=1S/C15H17N/c1-3-6-14-13(11-16-2)10-9-12-7-4-5-8-15(12)14/h4-5,7-11H,3,6H2,1-2H3. The largest absolute Gasteiger partial charge is 0.296 e. The predicted octanol–water partition coefficient (Wildman–Crippen LogP) is 3.84. The summed E-state index contributed by atoms with van der Waals surface area (Å²) in [6.07, 6.45) is 4.23. The number of benzene rings is 2. The van der Waals surface area contributed by atoms with Crippen LogP contribution < -0.4 is 0 Å². The Kier molecular flexibility index (Phi) is 3.35. The second-order valence-corrected chi connectivity index (χ2v) is 3.99. The molecule has 0 amide bonds. The van der Waals surface area contributed by atoms with Gasteiger partial charge in [-0.3, -0.25) is 4.99 Å². The van der Waals surface area contributed by atoms with Crippen LogP contribution in [0.3, 0.4) is 0 Å². The summed E-state index contributed by atoms with van der Waals surface area (Å²) in [5.41, 5.74) is 2.68. The van der Waals surface area contributed by atoms with Gasteiger partial charge in [0.1, 0.15) is 0 Å². The van der Waals surface area contributed by atoms with Gasteiger partial charge >= 0.3 is 0 Å². The van der Waals surface area contributed by atoms with E-state index in [0.29, 0.717) is 0 Å². The van der Waals surface area contributed by atoms with E-state index in [4.69, 9.17) is 0 Å². The third-order valence-corrected chi connectivity index (χ3v) is 2.85. The van der Waals surface area contributed by atoms with Gasteiger partial charge in [0.15, 0.2) is 0 Å². The number of aryl methyl sites for hydroxylation is 1. The van der Waals surface area contributed by atoms with Gasteiger partial charge in [-0.15, -0.1) is 0 Å². The molecule has 82 valence electrons. The fourth-order valence-corrected chi connectivity index (χ4v) is 2.14. The first-order valence-electron chi connectivity index (χ1n) is 5.79. The summed E-state index contributed by atoms with van der Waals surface area (Å²) in [7, 11) is 1.82. The van der Waals surface area contributed by atoms with Gasteiger partial charge in [0.25, 0.3) is 0 Å². The molecular formula is C15H17N. The maximum Gasteiger partial charge on any atom is 0.0284 e. The van der Waals surface area contributed by atoms with Crippen molar-refractivity contribution in [3.05, 3.63) is 47.5 Å². The lowest BCUT2D eigenvalue weighted by Crippen LogP contribution is -1.94. The first kappa shape index (κ1) is 10.9. The van der Waals surface area contributed by atoms with E-state index in [-0.39, 0.29) is 0 Å². The van der Waals surface area contributed by atoms with Gasteiger partial charge in [0.2, 0.25) is 0 Å². The van der Waals surface area contributed by atoms with Crippen molar-refractivity contribution in [2.45, 2.75) is 19.8 Å². The molecule has 0 radical (unpaired) electrons. The monoisotopic (exact) mass is 211 g/mol. The van der Waals surface area contributed by atoms with Crippen LogP contribution in [0.25, 0.3) is 10.8 Å². The summed E-state index contributed by atoms with van der Waals surface area (Å²) < 4.78 is 0. The van der Waals surface area contributed by atoms with Gasteiger partial charge in [0.05, 0.1) is 0 Å². The zero-order chi connectivity index (χ0) is 11.4. The van der Waals surface area contributed by atoms with E-state index < -0.39 is 0 Å². The second-order valence-electron chi connectivity index (χ2n) is 3.99. The lowest BCUT2D eigenvalue weighted by Gasteiger charge is -2.09. The molecule has 0 heterocycles. The lowest BCUT2D eigenvalue weighted by atomic mass is 9.96. The Labute approximate surface area is 96.8 Å². The van der Waals surface area contributed by atoms with Crippen molar-refractivity contribution >= 4 is 17.0 Å². The summed E-state index contributed by atoms with van der Waals surface area (Å²) in [6, 6.07) is 12.9. The summed E-state index contributed by atoms with van der Waals surface area (Å²) in [4.78, 5) is 4.13. The average Bonchev–Trinajstić information content (AvgIpc) is 2.32. The number of rotatable bonds is 3. The zero-order valence-corrected chi connectivity index (χ0v) is 9.90. The maximum atomic E-state index is 4.13. The van der Waals surface area contributed by atoms with Crippen LogP contribution in [0.4, 0.5) is 0 Å². The fourth-order valence-electron chi connectivity index (χ4n) is 2.14. The van der Waals surface area contributed by atoms with Crippen molar-refractivity contribution in [1.82, 2.24) is 0 Å². The molecule has 2 aromatic carbocycles. The Hall–Kier alpha value is -1.63. The highest BCUT2D eigenvalue weighted by molar-refractivity contribution is 5.94. The maximum absolute atomic E-state index is 4.13. The predicted molar refractivity (Wildman–Crippen MR) is 71.5 cm³/mol. The van der Waals surface area contributed by atoms with Crippen molar-refractivity contribution < 1.29 is 0 Å². The molecular weight excluding hydrogens is 194 g/mol. The van der Waals surface area contributed by atoms with E-state index in [1.807, 2.05) is 13.3 Å². The Morgan fingerprint density at radius 1 is 1.12 bits per heavy atom. The summed E-state index contributed by atoms with van der Waals surface area (Å²) in [5, 5.41) is 2.68. The van der Waals surface area contributed by atoms with Gasteiger partial charge in [-0.1, -0.05) is 49.7 Å². The van der Waals surface area contributed by atoms with Gasteiger partial charge in [0, 0.05) is 13.3 Å². The van der Waals surface area contributed by atoms with Crippen LogP contribution in [0.5, 0.6) is 0 Å². The van der Waals surface area contributed by atoms with Crippen LogP contribution in [0.1, 0.15) is 24.5 Å². The molecule has 0 aliphatic heterocycles. The summed E-state index contributed by atoms with van der Waals surface area (Å²) >= 11 is 0. The van der Waals surface area contributed by atoms with E-state index in [1.54, 1.807) is 0 Å². The molecule has 0 aliphatic rings. The lowest BCUT2D eigenvalue weighted by molar-refractivity contribution is 0.928. The van der Waals surface area contributed by atoms with Crippen molar-refractivity contribution in [3.63, 3.8) is 0 Å². The molecule has 1 nitrogen and oxygen atoms in total. The first-order valence-corrected chi connectivity index (χ1v) is 5.79. The number of hydrogen-bond donors (Lipinski definition) is 0. The molecule has 2 aromatic rings. The van der Waals surface area contributed by atoms with Gasteiger partial charge in [-0.25, -0.2) is 0 Å². The van der Waals surface area contributed by atoms with Crippen molar-refractivity contribution in [3.8, 4) is 0 Å². The molecule has 0 fully saturated rings. The van der Waals surface area contributed by atoms with Crippen molar-refractivity contribution in [2.75, 3.05) is 7.05 Å². The summed E-state index contributed by atoms with van der Waals surface area (Å²) in [5.74, 6) is 0. The molecule has 0 aromatic heterocycles. The van der Waals surface area contributed by atoms with Crippen LogP contribution in [0.15, 0.2) is 41.4 Å². The van der Waals surface area contributed by atoms with Crippen LogP contribution in [0.2, 0.25) is 0 Å². The van der Waals surface area contributed by atoms with Crippen LogP contribution in [-0.2, 0) is 6.42 Å². The number of fused-ring (bicyclic) bond motifs is 1. The summed E-state index contributed by atoms with van der Waals surface area (Å²) in [6.45, 7) is 2.22. The Balaban J connectivity index is 2.68. The third-order valence-electron chi connectivity index (χ3n) is 2.85. The zero-order valence-electron chi connectivity index (χ0n) is 9.90. The van der Waals surface area contributed by atoms with E-state index >= 15 is 0 Å². The minimum absolute atomic E-state index is 1.11. The normalized spacial score (nSPS) is 11.4. The number of hydrogen-bond acceptors (Lipinski definition) is 1. The molecule has 0 saturated carbocycles. The molecule has 1 heteroatoms. The molecule has 0 aliphatic carbocycles. The highest BCUT2D eigenvalue weighted by Gasteiger charge is 2.04. The quantitative estimate of drug-likeness (QED) is 0.684. The second kappa shape index (κ2) is 4.93. The average molecular weight is 211 g/mol. The molecule has 0 bridgehead atoms.